The molecule has 0 radical (unpaired) electrons. The van der Waals surface area contributed by atoms with Gasteiger partial charge in [-0.25, -0.2) is 9.78 Å². The Morgan fingerprint density at radius 1 is 1.39 bits per heavy atom. The standard InChI is InChI=1S/C17H26BrN3O2/c1-17(2,3)23-16(22)21-10-5-7-13(9-11-21)19-12-14-6-4-8-15(18)20-14/h4,6,8,13,19H,5,7,9-12H2,1-3H3. The maximum Gasteiger partial charge on any atom is 0.410 e. The zero-order valence-electron chi connectivity index (χ0n) is 14.1. The van der Waals surface area contributed by atoms with Crippen LogP contribution in [0.2, 0.25) is 0 Å². The Morgan fingerprint density at radius 2 is 2.17 bits per heavy atom. The van der Waals surface area contributed by atoms with Crippen LogP contribution in [0.5, 0.6) is 0 Å². The number of aromatic nitrogens is 1. The number of nitrogens with zero attached hydrogens (tertiary/aromatic N) is 2. The number of amides is 1. The molecule has 1 fully saturated rings. The summed E-state index contributed by atoms with van der Waals surface area (Å²) in [6.45, 7) is 7.95. The highest BCUT2D eigenvalue weighted by molar-refractivity contribution is 9.10. The van der Waals surface area contributed by atoms with Crippen LogP contribution in [0.1, 0.15) is 45.7 Å². The van der Waals surface area contributed by atoms with Crippen molar-refractivity contribution in [3.05, 3.63) is 28.5 Å². The maximum absolute atomic E-state index is 12.2. The monoisotopic (exact) mass is 383 g/mol. The van der Waals surface area contributed by atoms with Crippen LogP contribution >= 0.6 is 15.9 Å². The van der Waals surface area contributed by atoms with Crippen LogP contribution in [-0.4, -0.2) is 40.7 Å². The first-order valence-electron chi connectivity index (χ1n) is 8.16. The fourth-order valence-corrected chi connectivity index (χ4v) is 2.99. The minimum Gasteiger partial charge on any atom is -0.444 e. The Kier molecular flexibility index (Phi) is 6.41. The molecule has 1 N–H and O–H groups in total. The number of rotatable bonds is 3. The molecule has 1 aliphatic rings. The quantitative estimate of drug-likeness (QED) is 0.807. The molecule has 1 atom stereocenters. The number of hydrogen-bond donors (Lipinski definition) is 1. The van der Waals surface area contributed by atoms with E-state index in [4.69, 9.17) is 4.74 Å². The molecule has 6 heteroatoms. The average Bonchev–Trinajstić information content (AvgIpc) is 2.69. The Balaban J connectivity index is 1.80. The second-order valence-electron chi connectivity index (χ2n) is 6.93. The molecule has 0 aliphatic carbocycles. The number of nitrogens with one attached hydrogen (secondary N) is 1. The molecular formula is C17H26BrN3O2. The van der Waals surface area contributed by atoms with Gasteiger partial charge in [-0.15, -0.1) is 0 Å². The first kappa shape index (κ1) is 18.2. The fourth-order valence-electron chi connectivity index (χ4n) is 2.61. The molecule has 128 valence electrons. The third kappa shape index (κ3) is 6.47. The molecule has 1 aromatic rings. The number of ether oxygens (including phenoxy) is 1. The summed E-state index contributed by atoms with van der Waals surface area (Å²) in [6.07, 6.45) is 2.79. The van der Waals surface area contributed by atoms with Crippen LogP contribution in [0.15, 0.2) is 22.8 Å². The first-order chi connectivity index (χ1) is 10.8. The van der Waals surface area contributed by atoms with E-state index in [9.17, 15) is 4.79 Å². The second-order valence-corrected chi connectivity index (χ2v) is 7.74. The molecular weight excluding hydrogens is 358 g/mol. The van der Waals surface area contributed by atoms with Crippen molar-refractivity contribution in [3.63, 3.8) is 0 Å². The van der Waals surface area contributed by atoms with Crippen LogP contribution in [0, 0.1) is 0 Å². The molecule has 0 spiro atoms. The van der Waals surface area contributed by atoms with Gasteiger partial charge >= 0.3 is 6.09 Å². The predicted octanol–water partition coefficient (Wildman–Crippen LogP) is 3.72. The molecule has 0 bridgehead atoms. The number of likely N-dealkylation sites (tertiary alicyclic amines) is 1. The summed E-state index contributed by atoms with van der Waals surface area (Å²) in [6, 6.07) is 6.34. The molecule has 1 amide bonds. The van der Waals surface area contributed by atoms with Crippen molar-refractivity contribution in [1.82, 2.24) is 15.2 Å². The van der Waals surface area contributed by atoms with Crippen LogP contribution in [0.3, 0.4) is 0 Å². The Bertz CT molecular complexity index is 531. The minimum absolute atomic E-state index is 0.202. The number of hydrogen-bond acceptors (Lipinski definition) is 4. The predicted molar refractivity (Wildman–Crippen MR) is 94.2 cm³/mol. The molecule has 1 saturated heterocycles. The van der Waals surface area contributed by atoms with Crippen molar-refractivity contribution in [3.8, 4) is 0 Å². The summed E-state index contributed by atoms with van der Waals surface area (Å²) in [4.78, 5) is 18.4. The summed E-state index contributed by atoms with van der Waals surface area (Å²) in [7, 11) is 0. The largest absolute Gasteiger partial charge is 0.444 e. The van der Waals surface area contributed by atoms with Gasteiger partial charge in [-0.1, -0.05) is 6.07 Å². The van der Waals surface area contributed by atoms with Gasteiger partial charge < -0.3 is 15.0 Å². The van der Waals surface area contributed by atoms with Crippen molar-refractivity contribution < 1.29 is 9.53 Å². The van der Waals surface area contributed by atoms with Crippen LogP contribution in [0.25, 0.3) is 0 Å². The Labute approximate surface area is 146 Å². The molecule has 0 saturated carbocycles. The van der Waals surface area contributed by atoms with E-state index in [1.807, 2.05) is 43.9 Å². The van der Waals surface area contributed by atoms with E-state index in [0.717, 1.165) is 49.2 Å². The number of carbonyl (C=O) groups excluding carboxylic acids is 1. The maximum atomic E-state index is 12.2. The van der Waals surface area contributed by atoms with Crippen molar-refractivity contribution in [2.45, 2.75) is 58.2 Å². The third-order valence-electron chi connectivity index (χ3n) is 3.72. The summed E-state index contributed by atoms with van der Waals surface area (Å²) in [5.41, 5.74) is 0.584. The normalized spacial score (nSPS) is 19.3. The molecule has 1 aromatic heterocycles. The lowest BCUT2D eigenvalue weighted by Gasteiger charge is -2.26. The zero-order chi connectivity index (χ0) is 16.9. The van der Waals surface area contributed by atoms with Crippen molar-refractivity contribution in [2.24, 2.45) is 0 Å². The van der Waals surface area contributed by atoms with Crippen LogP contribution in [-0.2, 0) is 11.3 Å². The topological polar surface area (TPSA) is 54.5 Å². The summed E-state index contributed by atoms with van der Waals surface area (Å²) < 4.78 is 6.32. The van der Waals surface area contributed by atoms with Gasteiger partial charge in [0.25, 0.3) is 0 Å². The summed E-state index contributed by atoms with van der Waals surface area (Å²) in [5.74, 6) is 0. The number of halogens is 1. The molecule has 2 rings (SSSR count). The summed E-state index contributed by atoms with van der Waals surface area (Å²) in [5, 5.41) is 3.55. The minimum atomic E-state index is -0.437. The SMILES string of the molecule is CC(C)(C)OC(=O)N1CCCC(NCc2cccc(Br)n2)CC1. The summed E-state index contributed by atoms with van der Waals surface area (Å²) >= 11 is 3.39. The highest BCUT2D eigenvalue weighted by atomic mass is 79.9. The smallest absolute Gasteiger partial charge is 0.410 e. The van der Waals surface area contributed by atoms with Gasteiger partial charge in [-0.05, 0) is 68.1 Å². The van der Waals surface area contributed by atoms with Crippen LogP contribution in [0.4, 0.5) is 4.79 Å². The molecule has 0 aromatic carbocycles. The zero-order valence-corrected chi connectivity index (χ0v) is 15.7. The second kappa shape index (κ2) is 8.11. The van der Waals surface area contributed by atoms with E-state index in [-0.39, 0.29) is 6.09 Å². The molecule has 2 heterocycles. The van der Waals surface area contributed by atoms with Crippen molar-refractivity contribution in [1.29, 1.82) is 0 Å². The van der Waals surface area contributed by atoms with E-state index < -0.39 is 5.60 Å². The van der Waals surface area contributed by atoms with Gasteiger partial charge in [0.15, 0.2) is 0 Å². The van der Waals surface area contributed by atoms with Gasteiger partial charge in [0.1, 0.15) is 10.2 Å². The van der Waals surface area contributed by atoms with E-state index >= 15 is 0 Å². The van der Waals surface area contributed by atoms with Gasteiger partial charge in [-0.3, -0.25) is 0 Å². The Hall–Kier alpha value is -1.14. The molecule has 1 aliphatic heterocycles. The van der Waals surface area contributed by atoms with Gasteiger partial charge in [0.2, 0.25) is 0 Å². The molecule has 1 unspecified atom stereocenters. The first-order valence-corrected chi connectivity index (χ1v) is 8.95. The van der Waals surface area contributed by atoms with Gasteiger partial charge in [0.05, 0.1) is 5.69 Å². The van der Waals surface area contributed by atoms with Crippen molar-refractivity contribution >= 4 is 22.0 Å². The Morgan fingerprint density at radius 3 is 2.87 bits per heavy atom. The van der Waals surface area contributed by atoms with Crippen LogP contribution < -0.4 is 5.32 Å². The van der Waals surface area contributed by atoms with E-state index in [2.05, 4.69) is 26.2 Å². The lowest BCUT2D eigenvalue weighted by Crippen LogP contribution is -2.38. The fraction of sp³-hybridized carbons (Fsp3) is 0.647. The van der Waals surface area contributed by atoms with Gasteiger partial charge in [-0.2, -0.15) is 0 Å². The highest BCUT2D eigenvalue weighted by Crippen LogP contribution is 2.16. The lowest BCUT2D eigenvalue weighted by atomic mass is 10.1. The third-order valence-corrected chi connectivity index (χ3v) is 4.17. The number of carbonyl (C=O) groups is 1. The van der Waals surface area contributed by atoms with E-state index in [1.165, 1.54) is 0 Å². The average molecular weight is 384 g/mol. The number of pyridine rings is 1. The lowest BCUT2D eigenvalue weighted by molar-refractivity contribution is 0.0256. The van der Waals surface area contributed by atoms with E-state index in [0.29, 0.717) is 6.04 Å². The van der Waals surface area contributed by atoms with Gasteiger partial charge in [0, 0.05) is 25.7 Å². The van der Waals surface area contributed by atoms with Crippen molar-refractivity contribution in [2.75, 3.05) is 13.1 Å². The van der Waals surface area contributed by atoms with E-state index in [1.54, 1.807) is 0 Å². The molecule has 23 heavy (non-hydrogen) atoms. The molecule has 5 nitrogen and oxygen atoms in total. The highest BCUT2D eigenvalue weighted by Gasteiger charge is 2.25.